The number of carboxylic acid groups (broad SMARTS) is 1. The van der Waals surface area contributed by atoms with E-state index in [0.717, 1.165) is 6.42 Å². The number of hydrogen-bond donors (Lipinski definition) is 2. The lowest BCUT2D eigenvalue weighted by Crippen LogP contribution is -2.39. The molecule has 1 aromatic carbocycles. The van der Waals surface area contributed by atoms with Gasteiger partial charge in [0.15, 0.2) is 0 Å². The molecule has 2 fully saturated rings. The second-order valence-electron chi connectivity index (χ2n) is 6.67. The Hall–Kier alpha value is -2.44. The highest BCUT2D eigenvalue weighted by atomic mass is 19.1. The molecule has 0 aromatic heterocycles. The van der Waals surface area contributed by atoms with Gasteiger partial charge in [0.1, 0.15) is 5.82 Å². The Morgan fingerprint density at radius 2 is 1.92 bits per heavy atom. The van der Waals surface area contributed by atoms with Gasteiger partial charge in [0, 0.05) is 24.7 Å². The first-order valence-electron chi connectivity index (χ1n) is 8.59. The molecule has 0 radical (unpaired) electrons. The van der Waals surface area contributed by atoms with Gasteiger partial charge >= 0.3 is 5.97 Å². The SMILES string of the molecule is O=C(NC1CCC(C(=O)O)CC1)c1cc(N2CCCC2=O)ccc1F. The van der Waals surface area contributed by atoms with E-state index in [-0.39, 0.29) is 23.4 Å². The Morgan fingerprint density at radius 3 is 2.52 bits per heavy atom. The summed E-state index contributed by atoms with van der Waals surface area (Å²) in [5.74, 6) is -2.35. The van der Waals surface area contributed by atoms with Crippen LogP contribution in [-0.4, -0.2) is 35.5 Å². The lowest BCUT2D eigenvalue weighted by molar-refractivity contribution is -0.142. The molecule has 25 heavy (non-hydrogen) atoms. The number of halogens is 1. The second-order valence-corrected chi connectivity index (χ2v) is 6.67. The molecule has 1 aliphatic heterocycles. The first-order valence-corrected chi connectivity index (χ1v) is 8.59. The average Bonchev–Trinajstić information content (AvgIpc) is 3.02. The Kier molecular flexibility index (Phi) is 5.01. The molecule has 3 rings (SSSR count). The lowest BCUT2D eigenvalue weighted by atomic mass is 9.86. The van der Waals surface area contributed by atoms with E-state index in [1.54, 1.807) is 4.90 Å². The Morgan fingerprint density at radius 1 is 1.20 bits per heavy atom. The van der Waals surface area contributed by atoms with Gasteiger partial charge in [-0.3, -0.25) is 14.4 Å². The van der Waals surface area contributed by atoms with Crippen molar-refractivity contribution in [2.24, 2.45) is 5.92 Å². The number of carboxylic acids is 1. The molecular formula is C18H21FN2O4. The highest BCUT2D eigenvalue weighted by Crippen LogP contribution is 2.26. The van der Waals surface area contributed by atoms with Gasteiger partial charge in [-0.25, -0.2) is 4.39 Å². The molecule has 0 unspecified atom stereocenters. The van der Waals surface area contributed by atoms with Crippen LogP contribution in [0, 0.1) is 11.7 Å². The summed E-state index contributed by atoms with van der Waals surface area (Å²) in [5, 5.41) is 11.8. The van der Waals surface area contributed by atoms with E-state index in [1.165, 1.54) is 18.2 Å². The van der Waals surface area contributed by atoms with E-state index in [2.05, 4.69) is 5.32 Å². The van der Waals surface area contributed by atoms with Crippen molar-refractivity contribution in [3.8, 4) is 0 Å². The molecular weight excluding hydrogens is 327 g/mol. The van der Waals surface area contributed by atoms with Gasteiger partial charge in [-0.05, 0) is 50.3 Å². The minimum Gasteiger partial charge on any atom is -0.481 e. The van der Waals surface area contributed by atoms with Crippen LogP contribution in [0.2, 0.25) is 0 Å². The number of carbonyl (C=O) groups is 3. The van der Waals surface area contributed by atoms with Crippen LogP contribution >= 0.6 is 0 Å². The van der Waals surface area contributed by atoms with Crippen LogP contribution in [0.25, 0.3) is 0 Å². The number of carbonyl (C=O) groups excluding carboxylic acids is 2. The van der Waals surface area contributed by atoms with Gasteiger partial charge in [0.25, 0.3) is 5.91 Å². The van der Waals surface area contributed by atoms with Crippen molar-refractivity contribution >= 4 is 23.5 Å². The van der Waals surface area contributed by atoms with Crippen molar-refractivity contribution in [3.63, 3.8) is 0 Å². The van der Waals surface area contributed by atoms with Crippen LogP contribution < -0.4 is 10.2 Å². The smallest absolute Gasteiger partial charge is 0.306 e. The number of rotatable bonds is 4. The zero-order valence-electron chi connectivity index (χ0n) is 13.8. The Labute approximate surface area is 145 Å². The minimum absolute atomic E-state index is 0.0232. The van der Waals surface area contributed by atoms with Gasteiger partial charge < -0.3 is 15.3 Å². The fourth-order valence-electron chi connectivity index (χ4n) is 3.52. The minimum atomic E-state index is -0.807. The fraction of sp³-hybridized carbons (Fsp3) is 0.500. The van der Waals surface area contributed by atoms with Crippen molar-refractivity contribution in [2.45, 2.75) is 44.6 Å². The molecule has 0 bridgehead atoms. The summed E-state index contributed by atoms with van der Waals surface area (Å²) >= 11 is 0. The second kappa shape index (κ2) is 7.21. The number of aliphatic carboxylic acids is 1. The largest absolute Gasteiger partial charge is 0.481 e. The number of anilines is 1. The summed E-state index contributed by atoms with van der Waals surface area (Å²) in [6.07, 6.45) is 3.36. The standard InChI is InChI=1S/C18H21FN2O4/c19-15-8-7-13(21-9-1-2-16(21)22)10-14(15)17(23)20-12-5-3-11(4-6-12)18(24)25/h7-8,10-12H,1-6,9H2,(H,20,23)(H,24,25). The van der Waals surface area contributed by atoms with Crippen LogP contribution in [0.3, 0.4) is 0 Å². The van der Waals surface area contributed by atoms with Crippen LogP contribution in [0.4, 0.5) is 10.1 Å². The van der Waals surface area contributed by atoms with E-state index in [4.69, 9.17) is 5.11 Å². The van der Waals surface area contributed by atoms with Crippen LogP contribution in [0.5, 0.6) is 0 Å². The first-order chi connectivity index (χ1) is 12.0. The van der Waals surface area contributed by atoms with Crippen LogP contribution in [0.15, 0.2) is 18.2 Å². The van der Waals surface area contributed by atoms with Crippen LogP contribution in [-0.2, 0) is 9.59 Å². The Bertz CT molecular complexity index is 698. The highest BCUT2D eigenvalue weighted by molar-refractivity contribution is 5.99. The molecule has 1 heterocycles. The molecule has 134 valence electrons. The number of nitrogens with zero attached hydrogens (tertiary/aromatic N) is 1. The summed E-state index contributed by atoms with van der Waals surface area (Å²) in [5.41, 5.74) is 0.446. The predicted octanol–water partition coefficient (Wildman–Crippen LogP) is 2.33. The summed E-state index contributed by atoms with van der Waals surface area (Å²) in [7, 11) is 0. The molecule has 1 saturated carbocycles. The number of hydrogen-bond acceptors (Lipinski definition) is 3. The third-order valence-corrected chi connectivity index (χ3v) is 4.99. The monoisotopic (exact) mass is 348 g/mol. The molecule has 6 nitrogen and oxygen atoms in total. The van der Waals surface area contributed by atoms with Gasteiger partial charge in [-0.15, -0.1) is 0 Å². The summed E-state index contributed by atoms with van der Waals surface area (Å²) in [6.45, 7) is 0.574. The van der Waals surface area contributed by atoms with E-state index in [0.29, 0.717) is 44.3 Å². The molecule has 1 saturated heterocycles. The van der Waals surface area contributed by atoms with Crippen molar-refractivity contribution < 1.29 is 23.9 Å². The maximum atomic E-state index is 14.1. The predicted molar refractivity (Wildman–Crippen MR) is 88.8 cm³/mol. The van der Waals surface area contributed by atoms with E-state index < -0.39 is 17.7 Å². The maximum absolute atomic E-state index is 14.1. The molecule has 0 atom stereocenters. The van der Waals surface area contributed by atoms with Crippen molar-refractivity contribution in [2.75, 3.05) is 11.4 Å². The van der Waals surface area contributed by atoms with Gasteiger partial charge in [0.05, 0.1) is 11.5 Å². The number of nitrogens with one attached hydrogen (secondary N) is 1. The van der Waals surface area contributed by atoms with E-state index in [9.17, 15) is 18.8 Å². The van der Waals surface area contributed by atoms with E-state index >= 15 is 0 Å². The van der Waals surface area contributed by atoms with Crippen molar-refractivity contribution in [1.29, 1.82) is 0 Å². The van der Waals surface area contributed by atoms with Crippen molar-refractivity contribution in [3.05, 3.63) is 29.6 Å². The fourth-order valence-corrected chi connectivity index (χ4v) is 3.52. The molecule has 2 aliphatic rings. The quantitative estimate of drug-likeness (QED) is 0.874. The average molecular weight is 348 g/mol. The lowest BCUT2D eigenvalue weighted by Gasteiger charge is -2.27. The molecule has 7 heteroatoms. The number of amides is 2. The van der Waals surface area contributed by atoms with Gasteiger partial charge in [0.2, 0.25) is 5.91 Å². The maximum Gasteiger partial charge on any atom is 0.306 e. The zero-order chi connectivity index (χ0) is 18.0. The van der Waals surface area contributed by atoms with Gasteiger partial charge in [-0.2, -0.15) is 0 Å². The third kappa shape index (κ3) is 3.81. The van der Waals surface area contributed by atoms with Crippen LogP contribution in [0.1, 0.15) is 48.9 Å². The van der Waals surface area contributed by atoms with Crippen molar-refractivity contribution in [1.82, 2.24) is 5.32 Å². The molecule has 2 N–H and O–H groups in total. The third-order valence-electron chi connectivity index (χ3n) is 4.99. The first kappa shape index (κ1) is 17.4. The summed E-state index contributed by atoms with van der Waals surface area (Å²) in [6, 6.07) is 3.97. The van der Waals surface area contributed by atoms with E-state index in [1.807, 2.05) is 0 Å². The molecule has 0 spiro atoms. The topological polar surface area (TPSA) is 86.7 Å². The number of benzene rings is 1. The molecule has 2 amide bonds. The Balaban J connectivity index is 1.68. The highest BCUT2D eigenvalue weighted by Gasteiger charge is 2.28. The summed E-state index contributed by atoms with van der Waals surface area (Å²) in [4.78, 5) is 36.8. The zero-order valence-corrected chi connectivity index (χ0v) is 13.8. The normalized spacial score (nSPS) is 23.6. The van der Waals surface area contributed by atoms with Gasteiger partial charge in [-0.1, -0.05) is 0 Å². The molecule has 1 aromatic rings. The summed E-state index contributed by atoms with van der Waals surface area (Å²) < 4.78 is 14.1. The molecule has 1 aliphatic carbocycles.